The van der Waals surface area contributed by atoms with Crippen molar-refractivity contribution in [2.45, 2.75) is 17.9 Å². The molecule has 2 aromatic rings. The number of hydrogen-bond acceptors (Lipinski definition) is 4. The highest BCUT2D eigenvalue weighted by atomic mass is 35.5. The molecule has 22 heavy (non-hydrogen) atoms. The van der Waals surface area contributed by atoms with E-state index in [1.165, 1.54) is 16.4 Å². The summed E-state index contributed by atoms with van der Waals surface area (Å²) in [6, 6.07) is 11.6. The Hall–Kier alpha value is -1.94. The largest absolute Gasteiger partial charge is 0.264 e. The monoisotopic (exact) mass is 335 g/mol. The highest BCUT2D eigenvalue weighted by Gasteiger charge is 2.24. The van der Waals surface area contributed by atoms with Crippen LogP contribution in [0.15, 0.2) is 53.7 Å². The van der Waals surface area contributed by atoms with E-state index in [9.17, 15) is 8.42 Å². The molecule has 0 saturated heterocycles. The highest BCUT2D eigenvalue weighted by molar-refractivity contribution is 7.89. The van der Waals surface area contributed by atoms with E-state index < -0.39 is 10.0 Å². The molecule has 1 aromatic carbocycles. The molecular formula is C15H14ClN3O2S. The molecule has 0 aliphatic carbocycles. The fourth-order valence-electron chi connectivity index (χ4n) is 1.93. The maximum Gasteiger partial charge on any atom is 0.243 e. The molecule has 0 unspecified atom stereocenters. The Bertz CT molecular complexity index is 773. The van der Waals surface area contributed by atoms with Gasteiger partial charge < -0.3 is 0 Å². The van der Waals surface area contributed by atoms with E-state index in [4.69, 9.17) is 16.9 Å². The third kappa shape index (κ3) is 4.04. The number of nitriles is 1. The van der Waals surface area contributed by atoms with Crippen LogP contribution in [0.3, 0.4) is 0 Å². The molecule has 0 radical (unpaired) electrons. The smallest absolute Gasteiger partial charge is 0.243 e. The number of nitrogens with zero attached hydrogens (tertiary/aromatic N) is 3. The Morgan fingerprint density at radius 3 is 2.73 bits per heavy atom. The van der Waals surface area contributed by atoms with E-state index in [2.05, 4.69) is 4.98 Å². The number of rotatable bonds is 6. The zero-order chi connectivity index (χ0) is 16.0. The Balaban J connectivity index is 2.33. The molecule has 2 rings (SSSR count). The molecular weight excluding hydrogens is 322 g/mol. The van der Waals surface area contributed by atoms with Gasteiger partial charge in [0.2, 0.25) is 10.0 Å². The zero-order valence-electron chi connectivity index (χ0n) is 11.7. The zero-order valence-corrected chi connectivity index (χ0v) is 13.3. The first kappa shape index (κ1) is 16.4. The van der Waals surface area contributed by atoms with Crippen LogP contribution in [0.2, 0.25) is 5.02 Å². The molecule has 7 heteroatoms. The van der Waals surface area contributed by atoms with Crippen LogP contribution in [0.1, 0.15) is 12.0 Å². The van der Waals surface area contributed by atoms with E-state index in [1.54, 1.807) is 36.7 Å². The molecule has 0 amide bonds. The van der Waals surface area contributed by atoms with Crippen molar-refractivity contribution in [1.29, 1.82) is 5.26 Å². The van der Waals surface area contributed by atoms with E-state index in [-0.39, 0.29) is 24.4 Å². The lowest BCUT2D eigenvalue weighted by molar-refractivity contribution is 0.413. The summed E-state index contributed by atoms with van der Waals surface area (Å²) in [6.45, 7) is 0.268. The third-order valence-corrected chi connectivity index (χ3v) is 5.06. The second-order valence-electron chi connectivity index (χ2n) is 4.57. The van der Waals surface area contributed by atoms with Gasteiger partial charge in [0.1, 0.15) is 0 Å². The minimum absolute atomic E-state index is 0.111. The van der Waals surface area contributed by atoms with Crippen LogP contribution >= 0.6 is 11.6 Å². The number of pyridine rings is 1. The number of aromatic nitrogens is 1. The lowest BCUT2D eigenvalue weighted by atomic mass is 10.3. The van der Waals surface area contributed by atoms with Crippen molar-refractivity contribution in [3.63, 3.8) is 0 Å². The maximum atomic E-state index is 12.7. The summed E-state index contributed by atoms with van der Waals surface area (Å²) in [5, 5.41) is 9.11. The summed E-state index contributed by atoms with van der Waals surface area (Å²) >= 11 is 5.87. The van der Waals surface area contributed by atoms with Crippen LogP contribution < -0.4 is 0 Å². The van der Waals surface area contributed by atoms with Crippen LogP contribution in [-0.2, 0) is 16.6 Å². The standard InChI is InChI=1S/C15H14ClN3O2S/c16-14-5-1-6-15(10-14)22(20,21)19(9-3-7-17)12-13-4-2-8-18-11-13/h1-2,4-6,8,10-11H,3,9,12H2. The van der Waals surface area contributed by atoms with Crippen molar-refractivity contribution in [3.05, 3.63) is 59.4 Å². The Labute approximate surface area is 134 Å². The minimum atomic E-state index is -3.72. The molecule has 0 aliphatic heterocycles. The molecule has 0 atom stereocenters. The topological polar surface area (TPSA) is 74.1 Å². The quantitative estimate of drug-likeness (QED) is 0.813. The first-order valence-electron chi connectivity index (χ1n) is 6.55. The third-order valence-electron chi connectivity index (χ3n) is 2.99. The van der Waals surface area contributed by atoms with Gasteiger partial charge in [-0.05, 0) is 29.8 Å². The molecule has 0 fully saturated rings. The number of benzene rings is 1. The first-order chi connectivity index (χ1) is 10.5. The molecule has 0 N–H and O–H groups in total. The molecule has 0 saturated carbocycles. The van der Waals surface area contributed by atoms with Gasteiger partial charge in [-0.25, -0.2) is 8.42 Å². The second-order valence-corrected chi connectivity index (χ2v) is 6.94. The summed E-state index contributed by atoms with van der Waals surface area (Å²) in [5.74, 6) is 0. The summed E-state index contributed by atoms with van der Waals surface area (Å²) < 4.78 is 26.7. The van der Waals surface area contributed by atoms with Gasteiger partial charge in [0.25, 0.3) is 0 Å². The van der Waals surface area contributed by atoms with Gasteiger partial charge in [0.15, 0.2) is 0 Å². The molecule has 1 aromatic heterocycles. The van der Waals surface area contributed by atoms with Crippen LogP contribution in [0, 0.1) is 11.3 Å². The van der Waals surface area contributed by atoms with E-state index in [0.29, 0.717) is 5.02 Å². The van der Waals surface area contributed by atoms with Gasteiger partial charge in [0.05, 0.1) is 11.0 Å². The van der Waals surface area contributed by atoms with E-state index in [1.807, 2.05) is 6.07 Å². The van der Waals surface area contributed by atoms with Gasteiger partial charge in [-0.1, -0.05) is 23.7 Å². The fourth-order valence-corrected chi connectivity index (χ4v) is 3.66. The van der Waals surface area contributed by atoms with Crippen molar-refractivity contribution in [2.24, 2.45) is 0 Å². The van der Waals surface area contributed by atoms with Crippen molar-refractivity contribution in [3.8, 4) is 6.07 Å². The molecule has 0 aliphatic rings. The lowest BCUT2D eigenvalue weighted by Crippen LogP contribution is -2.31. The summed E-state index contributed by atoms with van der Waals surface area (Å²) in [7, 11) is -3.72. The van der Waals surface area contributed by atoms with E-state index in [0.717, 1.165) is 5.56 Å². The van der Waals surface area contributed by atoms with E-state index >= 15 is 0 Å². The summed E-state index contributed by atoms with van der Waals surface area (Å²) in [6.07, 6.45) is 3.33. The van der Waals surface area contributed by atoms with Gasteiger partial charge >= 0.3 is 0 Å². The summed E-state index contributed by atoms with van der Waals surface area (Å²) in [5.41, 5.74) is 0.756. The first-order valence-corrected chi connectivity index (χ1v) is 8.37. The van der Waals surface area contributed by atoms with Crippen molar-refractivity contribution in [1.82, 2.24) is 9.29 Å². The molecule has 1 heterocycles. The average molecular weight is 336 g/mol. The maximum absolute atomic E-state index is 12.7. The molecule has 5 nitrogen and oxygen atoms in total. The minimum Gasteiger partial charge on any atom is -0.264 e. The fraction of sp³-hybridized carbons (Fsp3) is 0.200. The Morgan fingerprint density at radius 1 is 1.27 bits per heavy atom. The SMILES string of the molecule is N#CCCN(Cc1cccnc1)S(=O)(=O)c1cccc(Cl)c1. The average Bonchev–Trinajstić information content (AvgIpc) is 2.52. The lowest BCUT2D eigenvalue weighted by Gasteiger charge is -2.21. The predicted molar refractivity (Wildman–Crippen MR) is 83.5 cm³/mol. The van der Waals surface area contributed by atoms with Crippen LogP contribution in [0.25, 0.3) is 0 Å². The van der Waals surface area contributed by atoms with Crippen molar-refractivity contribution < 1.29 is 8.42 Å². The van der Waals surface area contributed by atoms with Crippen LogP contribution in [0.5, 0.6) is 0 Å². The number of hydrogen-bond donors (Lipinski definition) is 0. The van der Waals surface area contributed by atoms with Crippen molar-refractivity contribution >= 4 is 21.6 Å². The highest BCUT2D eigenvalue weighted by Crippen LogP contribution is 2.21. The normalized spacial score (nSPS) is 11.3. The number of sulfonamides is 1. The van der Waals surface area contributed by atoms with Crippen LogP contribution in [-0.4, -0.2) is 24.3 Å². The van der Waals surface area contributed by atoms with Gasteiger partial charge in [-0.2, -0.15) is 9.57 Å². The Kier molecular flexibility index (Phi) is 5.50. The van der Waals surface area contributed by atoms with Crippen LogP contribution in [0.4, 0.5) is 0 Å². The van der Waals surface area contributed by atoms with Crippen molar-refractivity contribution in [2.75, 3.05) is 6.54 Å². The molecule has 114 valence electrons. The second kappa shape index (κ2) is 7.36. The number of halogens is 1. The Morgan fingerprint density at radius 2 is 2.09 bits per heavy atom. The summed E-state index contributed by atoms with van der Waals surface area (Å²) in [4.78, 5) is 4.09. The van der Waals surface area contributed by atoms with Gasteiger partial charge in [0, 0.05) is 36.9 Å². The molecule has 0 bridgehead atoms. The van der Waals surface area contributed by atoms with Gasteiger partial charge in [-0.3, -0.25) is 4.98 Å². The van der Waals surface area contributed by atoms with Gasteiger partial charge in [-0.15, -0.1) is 0 Å². The molecule has 0 spiro atoms. The predicted octanol–water partition coefficient (Wildman–Crippen LogP) is 2.84.